The zero-order valence-corrected chi connectivity index (χ0v) is 14.0. The molecular formula is C16H17N7S. The lowest BCUT2D eigenvalue weighted by Gasteiger charge is -1.98. The van der Waals surface area contributed by atoms with E-state index in [0.717, 1.165) is 17.9 Å². The number of aromatic nitrogens is 6. The molecule has 0 bridgehead atoms. The highest BCUT2D eigenvalue weighted by Gasteiger charge is 2.00. The van der Waals surface area contributed by atoms with Crippen LogP contribution in [0.25, 0.3) is 6.08 Å². The Balaban J connectivity index is 1.64. The van der Waals surface area contributed by atoms with Gasteiger partial charge in [0.05, 0.1) is 12.7 Å². The van der Waals surface area contributed by atoms with E-state index in [4.69, 9.17) is 12.2 Å². The van der Waals surface area contributed by atoms with Crippen LogP contribution in [0.5, 0.6) is 0 Å². The first-order valence-corrected chi connectivity index (χ1v) is 7.98. The molecule has 0 spiro atoms. The summed E-state index contributed by atoms with van der Waals surface area (Å²) >= 11 is 5.13. The Morgan fingerprint density at radius 1 is 1.29 bits per heavy atom. The highest BCUT2D eigenvalue weighted by atomic mass is 32.1. The molecule has 0 atom stereocenters. The lowest BCUT2D eigenvalue weighted by molar-refractivity contribution is 0.649. The normalized spacial score (nSPS) is 11.7. The molecule has 3 rings (SSSR count). The summed E-state index contributed by atoms with van der Waals surface area (Å²) in [6.45, 7) is 2.69. The van der Waals surface area contributed by atoms with Gasteiger partial charge in [0.2, 0.25) is 4.77 Å². The maximum Gasteiger partial charge on any atom is 0.216 e. The lowest BCUT2D eigenvalue weighted by Crippen LogP contribution is -1.99. The fourth-order valence-corrected chi connectivity index (χ4v) is 2.35. The summed E-state index contributed by atoms with van der Waals surface area (Å²) in [4.78, 5) is 0. The van der Waals surface area contributed by atoms with Gasteiger partial charge in [-0.25, -0.2) is 4.68 Å². The summed E-state index contributed by atoms with van der Waals surface area (Å²) in [5, 5.41) is 19.3. The first kappa shape index (κ1) is 16.0. The van der Waals surface area contributed by atoms with E-state index in [-0.39, 0.29) is 0 Å². The van der Waals surface area contributed by atoms with Gasteiger partial charge in [-0.2, -0.15) is 14.9 Å². The van der Waals surface area contributed by atoms with Crippen LogP contribution in [0.2, 0.25) is 0 Å². The van der Waals surface area contributed by atoms with E-state index in [1.165, 1.54) is 5.56 Å². The minimum atomic E-state index is 0.477. The number of nitrogens with one attached hydrogen (secondary N) is 1. The second-order valence-corrected chi connectivity index (χ2v) is 5.45. The topological polar surface area (TPSA) is 76.7 Å². The number of benzene rings is 1. The molecule has 3 aromatic rings. The molecule has 1 N–H and O–H groups in total. The number of hydrogen-bond donors (Lipinski definition) is 1. The van der Waals surface area contributed by atoms with E-state index in [1.54, 1.807) is 21.6 Å². The molecule has 0 saturated carbocycles. The van der Waals surface area contributed by atoms with E-state index in [2.05, 4.69) is 37.7 Å². The Kier molecular flexibility index (Phi) is 5.07. The fraction of sp³-hybridized carbons (Fsp3) is 0.188. The van der Waals surface area contributed by atoms with Gasteiger partial charge in [-0.3, -0.25) is 5.10 Å². The third-order valence-electron chi connectivity index (χ3n) is 3.31. The van der Waals surface area contributed by atoms with E-state index < -0.39 is 0 Å². The first-order valence-electron chi connectivity index (χ1n) is 7.57. The Hall–Kier alpha value is -2.87. The minimum Gasteiger partial charge on any atom is -0.250 e. The van der Waals surface area contributed by atoms with Crippen LogP contribution in [-0.2, 0) is 13.0 Å². The predicted octanol–water partition coefficient (Wildman–Crippen LogP) is 2.69. The Morgan fingerprint density at radius 3 is 2.92 bits per heavy atom. The second-order valence-electron chi connectivity index (χ2n) is 5.06. The second kappa shape index (κ2) is 7.60. The maximum atomic E-state index is 5.13. The molecule has 0 amide bonds. The number of nitrogens with zero attached hydrogens (tertiary/aromatic N) is 6. The molecule has 2 heterocycles. The summed E-state index contributed by atoms with van der Waals surface area (Å²) < 4.78 is 3.88. The Morgan fingerprint density at radius 2 is 2.12 bits per heavy atom. The molecule has 8 heteroatoms. The SMILES string of the molecule is CCc1n[nH]c(=S)n1/N=C\C=C\c1cn(Cc2ccccc2)nn1. The standard InChI is InChI=1S/C16H17N7S/c1-2-15-19-20-16(24)23(15)17-10-6-9-14-12-22(21-18-14)11-13-7-4-3-5-8-13/h3-10,12H,2,11H2,1H3,(H,20,24)/b9-6+,17-10-. The molecule has 1 aromatic carbocycles. The maximum absolute atomic E-state index is 5.13. The van der Waals surface area contributed by atoms with Crippen molar-refractivity contribution in [2.75, 3.05) is 0 Å². The van der Waals surface area contributed by atoms with Crippen molar-refractivity contribution in [1.82, 2.24) is 29.9 Å². The molecule has 0 fully saturated rings. The van der Waals surface area contributed by atoms with Crippen molar-refractivity contribution >= 4 is 24.5 Å². The van der Waals surface area contributed by atoms with Crippen molar-refractivity contribution in [1.29, 1.82) is 0 Å². The van der Waals surface area contributed by atoms with Crippen LogP contribution in [0, 0.1) is 4.77 Å². The fourth-order valence-electron chi connectivity index (χ4n) is 2.16. The van der Waals surface area contributed by atoms with Crippen molar-refractivity contribution in [2.45, 2.75) is 19.9 Å². The quantitative estimate of drug-likeness (QED) is 0.553. The van der Waals surface area contributed by atoms with E-state index in [9.17, 15) is 0 Å². The number of H-pyrrole nitrogens is 1. The van der Waals surface area contributed by atoms with E-state index in [0.29, 0.717) is 11.3 Å². The van der Waals surface area contributed by atoms with Crippen LogP contribution >= 0.6 is 12.2 Å². The number of rotatable bonds is 6. The van der Waals surface area contributed by atoms with Crippen LogP contribution in [0.4, 0.5) is 0 Å². The van der Waals surface area contributed by atoms with Crippen molar-refractivity contribution in [3.63, 3.8) is 0 Å². The van der Waals surface area contributed by atoms with Gasteiger partial charge in [0, 0.05) is 12.6 Å². The molecule has 0 unspecified atom stereocenters. The Bertz CT molecular complexity index is 902. The zero-order chi connectivity index (χ0) is 16.8. The first-order chi connectivity index (χ1) is 11.8. The smallest absolute Gasteiger partial charge is 0.216 e. The number of aryl methyl sites for hydroxylation is 1. The van der Waals surface area contributed by atoms with Crippen LogP contribution in [0.1, 0.15) is 24.0 Å². The summed E-state index contributed by atoms with van der Waals surface area (Å²) in [7, 11) is 0. The lowest BCUT2D eigenvalue weighted by atomic mass is 10.2. The number of aromatic amines is 1. The summed E-state index contributed by atoms with van der Waals surface area (Å²) in [5.41, 5.74) is 1.95. The number of hydrogen-bond acceptors (Lipinski definition) is 5. The minimum absolute atomic E-state index is 0.477. The predicted molar refractivity (Wildman–Crippen MR) is 95.3 cm³/mol. The van der Waals surface area contributed by atoms with Crippen LogP contribution in [-0.4, -0.2) is 36.1 Å². The Labute approximate surface area is 144 Å². The largest absolute Gasteiger partial charge is 0.250 e. The summed E-state index contributed by atoms with van der Waals surface area (Å²) in [5.74, 6) is 0.790. The molecular weight excluding hydrogens is 322 g/mol. The van der Waals surface area contributed by atoms with E-state index >= 15 is 0 Å². The van der Waals surface area contributed by atoms with Gasteiger partial charge in [0.15, 0.2) is 5.82 Å². The third-order valence-corrected chi connectivity index (χ3v) is 3.58. The monoisotopic (exact) mass is 339 g/mol. The van der Waals surface area contributed by atoms with Gasteiger partial charge in [-0.05, 0) is 29.9 Å². The molecule has 0 aliphatic carbocycles. The number of allylic oxidation sites excluding steroid dienone is 1. The highest BCUT2D eigenvalue weighted by molar-refractivity contribution is 7.71. The molecule has 0 saturated heterocycles. The summed E-state index contributed by atoms with van der Waals surface area (Å²) in [6, 6.07) is 10.1. The highest BCUT2D eigenvalue weighted by Crippen LogP contribution is 2.03. The van der Waals surface area contributed by atoms with Crippen molar-refractivity contribution in [3.05, 3.63) is 64.5 Å². The van der Waals surface area contributed by atoms with Crippen LogP contribution in [0.15, 0.2) is 47.7 Å². The molecule has 0 aliphatic heterocycles. The van der Waals surface area contributed by atoms with Gasteiger partial charge < -0.3 is 0 Å². The molecule has 7 nitrogen and oxygen atoms in total. The summed E-state index contributed by atoms with van der Waals surface area (Å²) in [6.07, 6.45) is 7.93. The van der Waals surface area contributed by atoms with Gasteiger partial charge in [-0.1, -0.05) is 42.5 Å². The molecule has 2 aromatic heterocycles. The van der Waals surface area contributed by atoms with Crippen molar-refractivity contribution in [3.8, 4) is 0 Å². The average molecular weight is 339 g/mol. The third kappa shape index (κ3) is 3.90. The zero-order valence-electron chi connectivity index (χ0n) is 13.2. The van der Waals surface area contributed by atoms with Gasteiger partial charge >= 0.3 is 0 Å². The average Bonchev–Trinajstić information content (AvgIpc) is 3.19. The van der Waals surface area contributed by atoms with Crippen molar-refractivity contribution in [2.24, 2.45) is 5.10 Å². The van der Waals surface area contributed by atoms with Gasteiger partial charge in [0.1, 0.15) is 5.69 Å². The van der Waals surface area contributed by atoms with Gasteiger partial charge in [-0.15, -0.1) is 5.10 Å². The van der Waals surface area contributed by atoms with E-state index in [1.807, 2.05) is 37.4 Å². The van der Waals surface area contributed by atoms with Gasteiger partial charge in [0.25, 0.3) is 0 Å². The molecule has 0 radical (unpaired) electrons. The van der Waals surface area contributed by atoms with Crippen LogP contribution < -0.4 is 0 Å². The molecule has 122 valence electrons. The van der Waals surface area contributed by atoms with Crippen molar-refractivity contribution < 1.29 is 0 Å². The van der Waals surface area contributed by atoms with Crippen LogP contribution in [0.3, 0.4) is 0 Å². The molecule has 0 aliphatic rings. The molecule has 24 heavy (non-hydrogen) atoms.